The summed E-state index contributed by atoms with van der Waals surface area (Å²) in [7, 11) is 0. The van der Waals surface area contributed by atoms with Gasteiger partial charge in [0.25, 0.3) is 0 Å². The molecule has 0 radical (unpaired) electrons. The zero-order valence-electron chi connectivity index (χ0n) is 13.7. The van der Waals surface area contributed by atoms with Crippen molar-refractivity contribution in [2.45, 2.75) is 45.1 Å². The van der Waals surface area contributed by atoms with Crippen molar-refractivity contribution in [3.05, 3.63) is 34.2 Å². The number of benzene rings is 1. The lowest BCUT2D eigenvalue weighted by Gasteiger charge is -2.55. The van der Waals surface area contributed by atoms with Gasteiger partial charge in [0.05, 0.1) is 11.0 Å². The van der Waals surface area contributed by atoms with Crippen LogP contribution >= 0.6 is 0 Å². The number of amides is 1. The van der Waals surface area contributed by atoms with Gasteiger partial charge < -0.3 is 15.3 Å². The summed E-state index contributed by atoms with van der Waals surface area (Å²) in [5.74, 6) is 2.60. The van der Waals surface area contributed by atoms with Crippen LogP contribution in [-0.2, 0) is 11.3 Å². The Morgan fingerprint density at radius 2 is 1.67 bits per heavy atom. The predicted octanol–water partition coefficient (Wildman–Crippen LogP) is 2.69. The molecule has 5 heteroatoms. The Morgan fingerprint density at radius 3 is 2.33 bits per heavy atom. The molecule has 2 aromatic rings. The standard InChI is InChI=1S/C19H23N3O2/c23-17(19-7-12-3-13(8-19)5-14(4-12)9-19)20-10-11-1-2-15-16(6-11)22-18(24)21-15/h1-2,6,12-14H,3-5,7-10H2,(H,20,23)(H2,21,22,24). The Hall–Kier alpha value is -2.04. The van der Waals surface area contributed by atoms with Crippen LogP contribution in [0.2, 0.25) is 0 Å². The van der Waals surface area contributed by atoms with Gasteiger partial charge in [-0.3, -0.25) is 4.79 Å². The van der Waals surface area contributed by atoms with E-state index in [0.29, 0.717) is 6.54 Å². The number of aromatic amines is 2. The summed E-state index contributed by atoms with van der Waals surface area (Å²) in [4.78, 5) is 29.8. The van der Waals surface area contributed by atoms with Crippen LogP contribution in [0.3, 0.4) is 0 Å². The number of hydrogen-bond donors (Lipinski definition) is 3. The Morgan fingerprint density at radius 1 is 1.04 bits per heavy atom. The quantitative estimate of drug-likeness (QED) is 0.811. The Labute approximate surface area is 140 Å². The van der Waals surface area contributed by atoms with E-state index in [2.05, 4.69) is 15.3 Å². The maximum absolute atomic E-state index is 13.0. The first kappa shape index (κ1) is 14.3. The zero-order chi connectivity index (χ0) is 16.3. The zero-order valence-corrected chi connectivity index (χ0v) is 13.7. The van der Waals surface area contributed by atoms with Crippen LogP contribution < -0.4 is 11.0 Å². The molecule has 126 valence electrons. The van der Waals surface area contributed by atoms with Gasteiger partial charge in [0, 0.05) is 12.0 Å². The molecule has 4 bridgehead atoms. The first-order valence-electron chi connectivity index (χ1n) is 9.09. The minimum absolute atomic E-state index is 0.0960. The number of imidazole rings is 1. The molecule has 6 rings (SSSR count). The molecular formula is C19H23N3O2. The second kappa shape index (κ2) is 4.98. The third-order valence-electron chi connectivity index (χ3n) is 6.55. The average Bonchev–Trinajstić information content (AvgIpc) is 2.90. The van der Waals surface area contributed by atoms with Crippen molar-refractivity contribution in [2.75, 3.05) is 0 Å². The highest BCUT2D eigenvalue weighted by Crippen LogP contribution is 2.60. The van der Waals surface area contributed by atoms with Crippen LogP contribution in [0.15, 0.2) is 23.0 Å². The Kier molecular flexibility index (Phi) is 2.97. The third-order valence-corrected chi connectivity index (χ3v) is 6.55. The number of carbonyl (C=O) groups is 1. The molecule has 4 saturated carbocycles. The molecule has 4 aliphatic rings. The van der Waals surface area contributed by atoms with E-state index in [1.807, 2.05) is 18.2 Å². The van der Waals surface area contributed by atoms with Crippen molar-refractivity contribution in [3.63, 3.8) is 0 Å². The molecule has 0 atom stereocenters. The number of carbonyl (C=O) groups excluding carboxylic acids is 1. The van der Waals surface area contributed by atoms with Crippen molar-refractivity contribution in [2.24, 2.45) is 23.2 Å². The molecule has 1 amide bonds. The maximum Gasteiger partial charge on any atom is 0.323 e. The van der Waals surface area contributed by atoms with Gasteiger partial charge >= 0.3 is 5.69 Å². The van der Waals surface area contributed by atoms with E-state index in [1.165, 1.54) is 19.3 Å². The first-order valence-corrected chi connectivity index (χ1v) is 9.09. The highest BCUT2D eigenvalue weighted by Gasteiger charge is 2.54. The molecule has 0 saturated heterocycles. The molecule has 0 aliphatic heterocycles. The summed E-state index contributed by atoms with van der Waals surface area (Å²) >= 11 is 0. The fourth-order valence-electron chi connectivity index (χ4n) is 5.95. The summed E-state index contributed by atoms with van der Waals surface area (Å²) in [6, 6.07) is 5.79. The van der Waals surface area contributed by atoms with Gasteiger partial charge in [-0.1, -0.05) is 6.07 Å². The van der Waals surface area contributed by atoms with Crippen molar-refractivity contribution >= 4 is 16.9 Å². The van der Waals surface area contributed by atoms with Gasteiger partial charge in [-0.2, -0.15) is 0 Å². The maximum atomic E-state index is 13.0. The van der Waals surface area contributed by atoms with E-state index < -0.39 is 0 Å². The summed E-state index contributed by atoms with van der Waals surface area (Å²) in [6.07, 6.45) is 7.33. The number of hydrogen-bond acceptors (Lipinski definition) is 2. The number of nitrogens with one attached hydrogen (secondary N) is 3. The molecule has 24 heavy (non-hydrogen) atoms. The summed E-state index contributed by atoms with van der Waals surface area (Å²) < 4.78 is 0. The van der Waals surface area contributed by atoms with Crippen molar-refractivity contribution in [1.82, 2.24) is 15.3 Å². The third kappa shape index (κ3) is 2.21. The molecule has 4 fully saturated rings. The van der Waals surface area contributed by atoms with Crippen LogP contribution in [0.25, 0.3) is 11.0 Å². The van der Waals surface area contributed by atoms with Gasteiger partial charge in [-0.15, -0.1) is 0 Å². The largest absolute Gasteiger partial charge is 0.352 e. The van der Waals surface area contributed by atoms with Gasteiger partial charge in [0.2, 0.25) is 5.91 Å². The van der Waals surface area contributed by atoms with Crippen LogP contribution in [0.5, 0.6) is 0 Å². The first-order chi connectivity index (χ1) is 11.6. The van der Waals surface area contributed by atoms with E-state index in [9.17, 15) is 9.59 Å². The van der Waals surface area contributed by atoms with E-state index >= 15 is 0 Å². The molecule has 1 heterocycles. The lowest BCUT2D eigenvalue weighted by atomic mass is 9.49. The van der Waals surface area contributed by atoms with E-state index in [4.69, 9.17) is 0 Å². The fourth-order valence-corrected chi connectivity index (χ4v) is 5.95. The predicted molar refractivity (Wildman–Crippen MR) is 91.4 cm³/mol. The molecule has 1 aromatic heterocycles. The van der Waals surface area contributed by atoms with Crippen LogP contribution in [-0.4, -0.2) is 15.9 Å². The second-order valence-electron chi connectivity index (χ2n) is 8.34. The summed E-state index contributed by atoms with van der Waals surface area (Å²) in [5.41, 5.74) is 2.33. The lowest BCUT2D eigenvalue weighted by molar-refractivity contribution is -0.146. The number of H-pyrrole nitrogens is 2. The van der Waals surface area contributed by atoms with Crippen LogP contribution in [0.4, 0.5) is 0 Å². The number of fused-ring (bicyclic) bond motifs is 1. The molecular weight excluding hydrogens is 302 g/mol. The van der Waals surface area contributed by atoms with Crippen LogP contribution in [0.1, 0.15) is 44.1 Å². The SMILES string of the molecule is O=C(NCc1ccc2[nH]c(=O)[nH]c2c1)C12CC3CC(CC(C3)C1)C2. The minimum atomic E-state index is -0.195. The smallest absolute Gasteiger partial charge is 0.323 e. The topological polar surface area (TPSA) is 77.8 Å². The normalized spacial score (nSPS) is 33.9. The Bertz CT molecular complexity index is 828. The highest BCUT2D eigenvalue weighted by atomic mass is 16.2. The average molecular weight is 325 g/mol. The van der Waals surface area contributed by atoms with Gasteiger partial charge in [-0.25, -0.2) is 4.79 Å². The molecule has 3 N–H and O–H groups in total. The van der Waals surface area contributed by atoms with Crippen LogP contribution in [0, 0.1) is 23.2 Å². The molecule has 0 unspecified atom stereocenters. The molecule has 5 nitrogen and oxygen atoms in total. The number of aromatic nitrogens is 2. The summed E-state index contributed by atoms with van der Waals surface area (Å²) in [5, 5.41) is 3.19. The molecule has 4 aliphatic carbocycles. The van der Waals surface area contributed by atoms with Crippen molar-refractivity contribution < 1.29 is 4.79 Å². The lowest BCUT2D eigenvalue weighted by Crippen LogP contribution is -2.53. The molecule has 1 aromatic carbocycles. The second-order valence-corrected chi connectivity index (χ2v) is 8.34. The molecule has 0 spiro atoms. The van der Waals surface area contributed by atoms with Crippen molar-refractivity contribution in [3.8, 4) is 0 Å². The van der Waals surface area contributed by atoms with Crippen molar-refractivity contribution in [1.29, 1.82) is 0 Å². The van der Waals surface area contributed by atoms with E-state index in [0.717, 1.165) is 53.6 Å². The monoisotopic (exact) mass is 325 g/mol. The van der Waals surface area contributed by atoms with Gasteiger partial charge in [0.15, 0.2) is 0 Å². The minimum Gasteiger partial charge on any atom is -0.352 e. The van der Waals surface area contributed by atoms with E-state index in [-0.39, 0.29) is 17.0 Å². The van der Waals surface area contributed by atoms with Gasteiger partial charge in [-0.05, 0) is 74.0 Å². The van der Waals surface area contributed by atoms with Gasteiger partial charge in [0.1, 0.15) is 0 Å². The number of rotatable bonds is 3. The fraction of sp³-hybridized carbons (Fsp3) is 0.579. The summed E-state index contributed by atoms with van der Waals surface area (Å²) in [6.45, 7) is 0.531. The highest BCUT2D eigenvalue weighted by molar-refractivity contribution is 5.83. The van der Waals surface area contributed by atoms with E-state index in [1.54, 1.807) is 0 Å². The Balaban J connectivity index is 1.32.